The number of nitrogens with zero attached hydrogens (tertiary/aromatic N) is 3. The van der Waals surface area contributed by atoms with Crippen LogP contribution in [0.25, 0.3) is 11.1 Å². The summed E-state index contributed by atoms with van der Waals surface area (Å²) in [6.07, 6.45) is 4.80. The van der Waals surface area contributed by atoms with Crippen LogP contribution in [0.15, 0.2) is 55.0 Å². The van der Waals surface area contributed by atoms with Crippen molar-refractivity contribution in [2.24, 2.45) is 7.05 Å². The van der Waals surface area contributed by atoms with Gasteiger partial charge in [0.05, 0.1) is 13.3 Å². The maximum absolute atomic E-state index is 13.3. The number of hydrogen-bond acceptors (Lipinski definition) is 6. The van der Waals surface area contributed by atoms with Crippen LogP contribution in [0.1, 0.15) is 26.3 Å². The lowest BCUT2D eigenvalue weighted by Crippen LogP contribution is -2.47. The molecule has 0 unspecified atom stereocenters. The van der Waals surface area contributed by atoms with E-state index in [9.17, 15) is 9.59 Å². The molecule has 9 nitrogen and oxygen atoms in total. The van der Waals surface area contributed by atoms with Crippen LogP contribution in [0.3, 0.4) is 0 Å². The van der Waals surface area contributed by atoms with E-state index in [1.807, 2.05) is 43.6 Å². The molecule has 0 fully saturated rings. The van der Waals surface area contributed by atoms with E-state index in [2.05, 4.69) is 20.7 Å². The number of hydrogen-bond donors (Lipinski definition) is 2. The summed E-state index contributed by atoms with van der Waals surface area (Å²) in [5.41, 5.74) is 2.19. The van der Waals surface area contributed by atoms with Gasteiger partial charge in [-0.3, -0.25) is 9.48 Å². The SMILES string of the molecule is COc1ncc(-c2cnn(C)c2)cc1NC(=O)[C@H](Cc1ccccc1)NC(=O)OC(C)(C)C. The summed E-state index contributed by atoms with van der Waals surface area (Å²) >= 11 is 0. The second kappa shape index (κ2) is 10.2. The Labute approximate surface area is 193 Å². The Balaban J connectivity index is 1.85. The predicted octanol–water partition coefficient (Wildman–Crippen LogP) is 3.57. The fourth-order valence-corrected chi connectivity index (χ4v) is 3.16. The number of nitrogens with one attached hydrogen (secondary N) is 2. The van der Waals surface area contributed by atoms with Gasteiger partial charge in [-0.25, -0.2) is 9.78 Å². The smallest absolute Gasteiger partial charge is 0.408 e. The van der Waals surface area contributed by atoms with Crippen LogP contribution in [0, 0.1) is 0 Å². The molecule has 0 saturated carbocycles. The van der Waals surface area contributed by atoms with E-state index in [1.165, 1.54) is 7.11 Å². The van der Waals surface area contributed by atoms with Gasteiger partial charge in [0.1, 0.15) is 17.3 Å². The maximum atomic E-state index is 13.3. The van der Waals surface area contributed by atoms with E-state index in [-0.39, 0.29) is 12.3 Å². The van der Waals surface area contributed by atoms with Crippen LogP contribution in [-0.2, 0) is 23.0 Å². The standard InChI is InChI=1S/C24H29N5O4/c1-24(2,3)33-23(31)28-19(11-16-9-7-6-8-10-16)21(30)27-20-12-17(13-25-22(20)32-5)18-14-26-29(4)15-18/h6-10,12-15,19H,11H2,1-5H3,(H,27,30)(H,28,31)/t19-/m0/s1. The Morgan fingerprint density at radius 1 is 1.12 bits per heavy atom. The van der Waals surface area contributed by atoms with Gasteiger partial charge in [-0.15, -0.1) is 0 Å². The van der Waals surface area contributed by atoms with Crippen LogP contribution in [0.4, 0.5) is 10.5 Å². The number of carbonyl (C=O) groups is 2. The van der Waals surface area contributed by atoms with Crippen molar-refractivity contribution in [2.45, 2.75) is 38.8 Å². The Hall–Kier alpha value is -3.88. The van der Waals surface area contributed by atoms with Crippen molar-refractivity contribution in [3.63, 3.8) is 0 Å². The molecule has 0 aliphatic rings. The largest absolute Gasteiger partial charge is 0.480 e. The van der Waals surface area contributed by atoms with Gasteiger partial charge in [0.15, 0.2) is 0 Å². The van der Waals surface area contributed by atoms with Crippen LogP contribution in [-0.4, -0.2) is 45.5 Å². The lowest BCUT2D eigenvalue weighted by Gasteiger charge is -2.23. The number of amides is 2. The molecule has 2 heterocycles. The minimum atomic E-state index is -0.881. The van der Waals surface area contributed by atoms with Crippen molar-refractivity contribution >= 4 is 17.7 Å². The molecule has 0 aliphatic carbocycles. The van der Waals surface area contributed by atoms with Crippen LogP contribution in [0.5, 0.6) is 5.88 Å². The zero-order chi connectivity index (χ0) is 24.0. The third-order valence-corrected chi connectivity index (χ3v) is 4.63. The highest BCUT2D eigenvalue weighted by Gasteiger charge is 2.26. The number of ether oxygens (including phenoxy) is 2. The zero-order valence-electron chi connectivity index (χ0n) is 19.5. The molecule has 0 radical (unpaired) electrons. The quantitative estimate of drug-likeness (QED) is 0.569. The molecule has 0 bridgehead atoms. The first kappa shape index (κ1) is 23.8. The highest BCUT2D eigenvalue weighted by molar-refractivity contribution is 5.98. The molecule has 1 aromatic carbocycles. The van der Waals surface area contributed by atoms with Gasteiger partial charge in [-0.05, 0) is 32.4 Å². The summed E-state index contributed by atoms with van der Waals surface area (Å²) in [7, 11) is 3.29. The molecule has 3 aromatic rings. The lowest BCUT2D eigenvalue weighted by molar-refractivity contribution is -0.118. The van der Waals surface area contributed by atoms with E-state index in [0.717, 1.165) is 16.7 Å². The summed E-state index contributed by atoms with van der Waals surface area (Å²) in [5, 5.41) is 9.70. The minimum Gasteiger partial charge on any atom is -0.480 e. The fourth-order valence-electron chi connectivity index (χ4n) is 3.16. The topological polar surface area (TPSA) is 107 Å². The van der Waals surface area contributed by atoms with Crippen LogP contribution < -0.4 is 15.4 Å². The van der Waals surface area contributed by atoms with Gasteiger partial charge in [0, 0.05) is 37.0 Å². The van der Waals surface area contributed by atoms with E-state index in [4.69, 9.17) is 9.47 Å². The van der Waals surface area contributed by atoms with Crippen molar-refractivity contribution in [1.82, 2.24) is 20.1 Å². The Kier molecular flexibility index (Phi) is 7.32. The van der Waals surface area contributed by atoms with Crippen molar-refractivity contribution in [1.29, 1.82) is 0 Å². The summed E-state index contributed by atoms with van der Waals surface area (Å²) in [6, 6.07) is 10.3. The molecule has 174 valence electrons. The molecule has 33 heavy (non-hydrogen) atoms. The van der Waals surface area contributed by atoms with Crippen molar-refractivity contribution in [3.8, 4) is 17.0 Å². The van der Waals surface area contributed by atoms with E-state index < -0.39 is 23.6 Å². The molecule has 9 heteroatoms. The average Bonchev–Trinajstić information content (AvgIpc) is 3.19. The Morgan fingerprint density at radius 2 is 1.85 bits per heavy atom. The van der Waals surface area contributed by atoms with Gasteiger partial charge in [-0.1, -0.05) is 30.3 Å². The van der Waals surface area contributed by atoms with Crippen LogP contribution >= 0.6 is 0 Å². The number of carbonyl (C=O) groups excluding carboxylic acids is 2. The average molecular weight is 452 g/mol. The number of methoxy groups -OCH3 is 1. The number of pyridine rings is 1. The summed E-state index contributed by atoms with van der Waals surface area (Å²) in [5.74, 6) is -0.167. The van der Waals surface area contributed by atoms with E-state index in [1.54, 1.807) is 43.9 Å². The van der Waals surface area contributed by atoms with Crippen molar-refractivity contribution in [3.05, 3.63) is 60.6 Å². The number of alkyl carbamates (subject to hydrolysis) is 1. The number of rotatable bonds is 7. The number of benzene rings is 1. The lowest BCUT2D eigenvalue weighted by atomic mass is 10.1. The molecular formula is C24H29N5O4. The number of aryl methyl sites for hydroxylation is 1. The molecule has 0 aliphatic heterocycles. The van der Waals surface area contributed by atoms with Crippen molar-refractivity contribution < 1.29 is 19.1 Å². The molecular weight excluding hydrogens is 422 g/mol. The van der Waals surface area contributed by atoms with Crippen LogP contribution in [0.2, 0.25) is 0 Å². The van der Waals surface area contributed by atoms with Gasteiger partial charge in [-0.2, -0.15) is 5.10 Å². The third kappa shape index (κ3) is 6.80. The molecule has 1 atom stereocenters. The number of aromatic nitrogens is 3. The first-order chi connectivity index (χ1) is 15.6. The highest BCUT2D eigenvalue weighted by atomic mass is 16.6. The second-order valence-corrected chi connectivity index (χ2v) is 8.56. The first-order valence-corrected chi connectivity index (χ1v) is 10.5. The maximum Gasteiger partial charge on any atom is 0.408 e. The second-order valence-electron chi connectivity index (χ2n) is 8.56. The molecule has 2 N–H and O–H groups in total. The minimum absolute atomic E-state index is 0.256. The molecule has 3 rings (SSSR count). The van der Waals surface area contributed by atoms with Gasteiger partial charge in [0.25, 0.3) is 0 Å². The zero-order valence-corrected chi connectivity index (χ0v) is 19.5. The molecule has 2 amide bonds. The number of anilines is 1. The third-order valence-electron chi connectivity index (χ3n) is 4.63. The van der Waals surface area contributed by atoms with Gasteiger partial charge < -0.3 is 20.1 Å². The summed E-state index contributed by atoms with van der Waals surface area (Å²) < 4.78 is 12.4. The Bertz CT molecular complexity index is 1110. The van der Waals surface area contributed by atoms with Crippen molar-refractivity contribution in [2.75, 3.05) is 12.4 Å². The summed E-state index contributed by atoms with van der Waals surface area (Å²) in [6.45, 7) is 5.29. The highest BCUT2D eigenvalue weighted by Crippen LogP contribution is 2.28. The predicted molar refractivity (Wildman–Crippen MR) is 125 cm³/mol. The first-order valence-electron chi connectivity index (χ1n) is 10.5. The van der Waals surface area contributed by atoms with Gasteiger partial charge in [0.2, 0.25) is 11.8 Å². The fraction of sp³-hybridized carbons (Fsp3) is 0.333. The monoisotopic (exact) mass is 451 g/mol. The normalized spacial score (nSPS) is 12.0. The molecule has 0 saturated heterocycles. The Morgan fingerprint density at radius 3 is 2.45 bits per heavy atom. The van der Waals surface area contributed by atoms with E-state index in [0.29, 0.717) is 5.69 Å². The molecule has 2 aromatic heterocycles. The van der Waals surface area contributed by atoms with E-state index >= 15 is 0 Å². The summed E-state index contributed by atoms with van der Waals surface area (Å²) in [4.78, 5) is 30.0. The van der Waals surface area contributed by atoms with Gasteiger partial charge >= 0.3 is 6.09 Å². The molecule has 0 spiro atoms.